The highest BCUT2D eigenvalue weighted by Crippen LogP contribution is 2.32. The van der Waals surface area contributed by atoms with Gasteiger partial charge in [-0.3, -0.25) is 14.8 Å². The van der Waals surface area contributed by atoms with E-state index < -0.39 is 14.9 Å². The molecule has 0 aliphatic heterocycles. The lowest BCUT2D eigenvalue weighted by Crippen LogP contribution is -2.14. The van der Waals surface area contributed by atoms with Crippen molar-refractivity contribution in [2.75, 3.05) is 10.5 Å². The third kappa shape index (κ3) is 5.96. The fourth-order valence-corrected chi connectivity index (χ4v) is 4.92. The van der Waals surface area contributed by atoms with E-state index in [2.05, 4.69) is 4.72 Å². The Morgan fingerprint density at radius 2 is 1.77 bits per heavy atom. The van der Waals surface area contributed by atoms with Gasteiger partial charge in [0.2, 0.25) is 0 Å². The lowest BCUT2D eigenvalue weighted by atomic mass is 10.1. The van der Waals surface area contributed by atoms with E-state index in [4.69, 9.17) is 0 Å². The molecule has 8 heteroatoms. The molecule has 0 aromatic heterocycles. The highest BCUT2D eigenvalue weighted by Gasteiger charge is 2.22. The van der Waals surface area contributed by atoms with Crippen LogP contribution in [0.3, 0.4) is 0 Å². The molecule has 3 aromatic rings. The molecule has 0 saturated heterocycles. The van der Waals surface area contributed by atoms with Crippen molar-refractivity contribution in [2.45, 2.75) is 23.6 Å². The number of hydrogen-bond acceptors (Lipinski definition) is 5. The molecule has 0 spiro atoms. The van der Waals surface area contributed by atoms with Crippen LogP contribution in [0.1, 0.15) is 16.7 Å². The Morgan fingerprint density at radius 3 is 2.45 bits per heavy atom. The largest absolute Gasteiger partial charge is 0.284 e. The number of thioether (sulfide) groups is 1. The summed E-state index contributed by atoms with van der Waals surface area (Å²) in [7, 11) is -3.96. The number of nitro groups is 1. The van der Waals surface area contributed by atoms with Gasteiger partial charge in [0.15, 0.2) is 0 Å². The van der Waals surface area contributed by atoms with Crippen molar-refractivity contribution in [3.05, 3.63) is 99.6 Å². The molecule has 0 radical (unpaired) electrons. The number of benzene rings is 3. The minimum absolute atomic E-state index is 0.150. The summed E-state index contributed by atoms with van der Waals surface area (Å²) in [6, 6.07) is 19.1. The Morgan fingerprint density at radius 1 is 1.03 bits per heavy atom. The number of nitrogens with one attached hydrogen (secondary N) is 1. The molecular weight excluding hydrogens is 432 g/mol. The second kappa shape index (κ2) is 9.80. The topological polar surface area (TPSA) is 89.3 Å². The van der Waals surface area contributed by atoms with Gasteiger partial charge in [0.05, 0.1) is 20.4 Å². The lowest BCUT2D eigenvalue weighted by Gasteiger charge is -2.12. The first-order valence-electron chi connectivity index (χ1n) is 9.49. The quantitative estimate of drug-likeness (QED) is 0.263. The van der Waals surface area contributed by atoms with Crippen LogP contribution >= 0.6 is 11.8 Å². The highest BCUT2D eigenvalue weighted by molar-refractivity contribution is 7.99. The third-order valence-electron chi connectivity index (χ3n) is 4.51. The van der Waals surface area contributed by atoms with Gasteiger partial charge in [0.25, 0.3) is 15.7 Å². The molecule has 0 amide bonds. The number of anilines is 1. The summed E-state index contributed by atoms with van der Waals surface area (Å²) < 4.78 is 28.1. The van der Waals surface area contributed by atoms with E-state index in [1.807, 2.05) is 55.5 Å². The van der Waals surface area contributed by atoms with Gasteiger partial charge in [-0.15, -0.1) is 11.8 Å². The van der Waals surface area contributed by atoms with Gasteiger partial charge in [-0.05, 0) is 43.2 Å². The van der Waals surface area contributed by atoms with Crippen LogP contribution in [0.25, 0.3) is 6.08 Å². The maximum Gasteiger partial charge on any atom is 0.284 e. The molecule has 0 unspecified atom stereocenters. The first kappa shape index (κ1) is 22.6. The molecular formula is C23H22N2O4S2. The van der Waals surface area contributed by atoms with E-state index in [1.54, 1.807) is 19.1 Å². The van der Waals surface area contributed by atoms with Crippen LogP contribution in [0.4, 0.5) is 11.4 Å². The number of hydrogen-bond donors (Lipinski definition) is 1. The SMILES string of the molecule is Cc1ccc(NS(=O)(=O)c2ccc(SC/C=C/c3ccccc3)c([N+](=O)[O-])c2)c(C)c1. The minimum Gasteiger partial charge on any atom is -0.279 e. The maximum atomic E-state index is 12.8. The van der Waals surface area contributed by atoms with E-state index >= 15 is 0 Å². The van der Waals surface area contributed by atoms with Crippen LogP contribution in [0.2, 0.25) is 0 Å². The highest BCUT2D eigenvalue weighted by atomic mass is 32.2. The molecule has 31 heavy (non-hydrogen) atoms. The normalized spacial score (nSPS) is 11.5. The molecule has 0 aliphatic rings. The number of aryl methyl sites for hydroxylation is 2. The molecule has 0 bridgehead atoms. The van der Waals surface area contributed by atoms with Crippen LogP contribution in [0.5, 0.6) is 0 Å². The van der Waals surface area contributed by atoms with Crippen LogP contribution in [0.15, 0.2) is 82.6 Å². The Labute approximate surface area is 186 Å². The molecule has 0 fully saturated rings. The van der Waals surface area contributed by atoms with Gasteiger partial charge in [-0.2, -0.15) is 0 Å². The number of rotatable bonds is 8. The zero-order chi connectivity index (χ0) is 22.4. The smallest absolute Gasteiger partial charge is 0.279 e. The summed E-state index contributed by atoms with van der Waals surface area (Å²) in [6.07, 6.45) is 3.85. The molecule has 0 atom stereocenters. The summed E-state index contributed by atoms with van der Waals surface area (Å²) in [4.78, 5) is 11.3. The first-order valence-corrected chi connectivity index (χ1v) is 12.0. The van der Waals surface area contributed by atoms with E-state index in [-0.39, 0.29) is 10.6 Å². The maximum absolute atomic E-state index is 12.8. The number of nitrogens with zero attached hydrogens (tertiary/aromatic N) is 1. The molecule has 160 valence electrons. The monoisotopic (exact) mass is 454 g/mol. The fourth-order valence-electron chi connectivity index (χ4n) is 2.95. The van der Waals surface area contributed by atoms with Crippen molar-refractivity contribution in [2.24, 2.45) is 0 Å². The Bertz CT molecular complexity index is 1220. The van der Waals surface area contributed by atoms with Crippen molar-refractivity contribution in [1.29, 1.82) is 0 Å². The van der Waals surface area contributed by atoms with Crippen molar-refractivity contribution < 1.29 is 13.3 Å². The zero-order valence-electron chi connectivity index (χ0n) is 17.1. The third-order valence-corrected chi connectivity index (χ3v) is 6.89. The Balaban J connectivity index is 1.79. The fraction of sp³-hybridized carbons (Fsp3) is 0.130. The van der Waals surface area contributed by atoms with E-state index in [1.165, 1.54) is 23.9 Å². The molecule has 0 saturated carbocycles. The van der Waals surface area contributed by atoms with Crippen molar-refractivity contribution in [3.63, 3.8) is 0 Å². The summed E-state index contributed by atoms with van der Waals surface area (Å²) >= 11 is 1.28. The average Bonchev–Trinajstić information content (AvgIpc) is 2.74. The average molecular weight is 455 g/mol. The zero-order valence-corrected chi connectivity index (χ0v) is 18.7. The molecule has 6 nitrogen and oxygen atoms in total. The van der Waals surface area contributed by atoms with Crippen LogP contribution in [0, 0.1) is 24.0 Å². The van der Waals surface area contributed by atoms with E-state index in [9.17, 15) is 18.5 Å². The second-order valence-corrected chi connectivity index (χ2v) is 9.68. The number of sulfonamides is 1. The molecule has 0 heterocycles. The van der Waals surface area contributed by atoms with Crippen molar-refractivity contribution in [1.82, 2.24) is 0 Å². The second-order valence-electron chi connectivity index (χ2n) is 6.93. The van der Waals surface area contributed by atoms with Gasteiger partial charge in [0.1, 0.15) is 0 Å². The standard InChI is InChI=1S/C23H22N2O4S2/c1-17-10-12-21(18(2)15-17)24-31(28,29)20-11-13-23(22(16-20)25(26)27)30-14-6-9-19-7-4-3-5-8-19/h3-13,15-16,24H,14H2,1-2H3/b9-6+. The van der Waals surface area contributed by atoms with Crippen LogP contribution in [-0.2, 0) is 10.0 Å². The van der Waals surface area contributed by atoms with Gasteiger partial charge in [0, 0.05) is 11.8 Å². The molecule has 3 aromatic carbocycles. The van der Waals surface area contributed by atoms with E-state index in [0.29, 0.717) is 16.3 Å². The lowest BCUT2D eigenvalue weighted by molar-refractivity contribution is -0.388. The molecule has 1 N–H and O–H groups in total. The minimum atomic E-state index is -3.96. The van der Waals surface area contributed by atoms with E-state index in [0.717, 1.165) is 22.8 Å². The summed E-state index contributed by atoms with van der Waals surface area (Å²) in [6.45, 7) is 3.72. The molecule has 0 aliphatic carbocycles. The predicted octanol–water partition coefficient (Wildman–Crippen LogP) is 5.82. The summed E-state index contributed by atoms with van der Waals surface area (Å²) in [5.74, 6) is 0.517. The van der Waals surface area contributed by atoms with Gasteiger partial charge < -0.3 is 0 Å². The summed E-state index contributed by atoms with van der Waals surface area (Å²) in [5.41, 5.74) is 3.03. The van der Waals surface area contributed by atoms with Crippen LogP contribution < -0.4 is 4.72 Å². The Hall–Kier alpha value is -3.10. The predicted molar refractivity (Wildman–Crippen MR) is 126 cm³/mol. The first-order chi connectivity index (χ1) is 14.8. The Kier molecular flexibility index (Phi) is 7.14. The van der Waals surface area contributed by atoms with Crippen molar-refractivity contribution in [3.8, 4) is 0 Å². The van der Waals surface area contributed by atoms with Crippen molar-refractivity contribution >= 4 is 39.2 Å². The van der Waals surface area contributed by atoms with Crippen LogP contribution in [-0.4, -0.2) is 19.1 Å². The molecule has 3 rings (SSSR count). The van der Waals surface area contributed by atoms with Gasteiger partial charge >= 0.3 is 0 Å². The van der Waals surface area contributed by atoms with Gasteiger partial charge in [-0.25, -0.2) is 8.42 Å². The summed E-state index contributed by atoms with van der Waals surface area (Å²) in [5, 5.41) is 11.6. The number of nitro benzene ring substituents is 1. The van der Waals surface area contributed by atoms with Gasteiger partial charge in [-0.1, -0.05) is 60.2 Å².